The Morgan fingerprint density at radius 1 is 1.13 bits per heavy atom. The van der Waals surface area contributed by atoms with Gasteiger partial charge in [0.05, 0.1) is 27.4 Å². The highest BCUT2D eigenvalue weighted by atomic mass is 28.4. The Morgan fingerprint density at radius 2 is 1.77 bits per heavy atom. The lowest BCUT2D eigenvalue weighted by Gasteiger charge is -2.39. The van der Waals surface area contributed by atoms with Gasteiger partial charge in [0.1, 0.15) is 5.75 Å². The molecular formula is C24H40O5Si. The van der Waals surface area contributed by atoms with E-state index in [-0.39, 0.29) is 28.9 Å². The van der Waals surface area contributed by atoms with Crippen molar-refractivity contribution in [1.82, 2.24) is 0 Å². The molecule has 0 N–H and O–H groups in total. The molecular weight excluding hydrogens is 396 g/mol. The summed E-state index contributed by atoms with van der Waals surface area (Å²) in [4.78, 5) is 12.0. The van der Waals surface area contributed by atoms with Crippen LogP contribution in [-0.4, -0.2) is 41.2 Å². The molecule has 1 aliphatic carbocycles. The van der Waals surface area contributed by atoms with Crippen molar-refractivity contribution in [2.45, 2.75) is 71.4 Å². The van der Waals surface area contributed by atoms with Crippen molar-refractivity contribution in [3.8, 4) is 5.75 Å². The van der Waals surface area contributed by atoms with E-state index in [1.54, 1.807) is 7.11 Å². The SMILES string of the molecule is COC(=O)C[C@H]1C[C@H](O[Si](C)(C)C(C)(C)C)[C@H](C)[C@H]1COCc1ccc(OC)cc1. The molecule has 2 rings (SSSR count). The molecule has 1 saturated carbocycles. The predicted octanol–water partition coefficient (Wildman–Crippen LogP) is 5.44. The highest BCUT2D eigenvalue weighted by Crippen LogP contribution is 2.45. The van der Waals surface area contributed by atoms with Crippen molar-refractivity contribution in [3.63, 3.8) is 0 Å². The summed E-state index contributed by atoms with van der Waals surface area (Å²) in [6.45, 7) is 14.8. The van der Waals surface area contributed by atoms with Gasteiger partial charge in [-0.15, -0.1) is 0 Å². The molecule has 5 nitrogen and oxygen atoms in total. The third kappa shape index (κ3) is 6.31. The molecule has 0 heterocycles. The number of esters is 1. The highest BCUT2D eigenvalue weighted by molar-refractivity contribution is 6.74. The zero-order valence-corrected chi connectivity index (χ0v) is 21.0. The Kier molecular flexibility index (Phi) is 8.54. The zero-order valence-electron chi connectivity index (χ0n) is 20.0. The van der Waals surface area contributed by atoms with E-state index in [2.05, 4.69) is 40.8 Å². The first-order valence-corrected chi connectivity index (χ1v) is 13.8. The monoisotopic (exact) mass is 436 g/mol. The number of hydrogen-bond donors (Lipinski definition) is 0. The molecule has 0 saturated heterocycles. The van der Waals surface area contributed by atoms with E-state index in [1.807, 2.05) is 24.3 Å². The van der Waals surface area contributed by atoms with Crippen LogP contribution in [0.3, 0.4) is 0 Å². The van der Waals surface area contributed by atoms with Gasteiger partial charge in [-0.1, -0.05) is 39.8 Å². The van der Waals surface area contributed by atoms with E-state index in [1.165, 1.54) is 7.11 Å². The minimum absolute atomic E-state index is 0.152. The summed E-state index contributed by atoms with van der Waals surface area (Å²) in [6, 6.07) is 7.93. The second-order valence-electron chi connectivity index (χ2n) is 10.1. The Labute approximate surface area is 183 Å². The number of ether oxygens (including phenoxy) is 3. The van der Waals surface area contributed by atoms with Crippen LogP contribution in [0.15, 0.2) is 24.3 Å². The molecule has 1 aliphatic rings. The van der Waals surface area contributed by atoms with Crippen LogP contribution in [0.1, 0.15) is 46.1 Å². The maximum Gasteiger partial charge on any atom is 0.305 e. The number of benzene rings is 1. The molecule has 4 atom stereocenters. The molecule has 1 aromatic carbocycles. The molecule has 0 spiro atoms. The first-order chi connectivity index (χ1) is 14.0. The first kappa shape index (κ1) is 24.9. The fourth-order valence-corrected chi connectivity index (χ4v) is 5.38. The fraction of sp³-hybridized carbons (Fsp3) is 0.708. The first-order valence-electron chi connectivity index (χ1n) is 10.9. The molecule has 0 aliphatic heterocycles. The highest BCUT2D eigenvalue weighted by Gasteiger charge is 2.47. The normalized spacial score (nSPS) is 24.7. The van der Waals surface area contributed by atoms with Gasteiger partial charge in [0, 0.05) is 12.5 Å². The molecule has 0 amide bonds. The fourth-order valence-electron chi connectivity index (χ4n) is 3.96. The lowest BCUT2D eigenvalue weighted by atomic mass is 9.89. The van der Waals surface area contributed by atoms with E-state index >= 15 is 0 Å². The van der Waals surface area contributed by atoms with Crippen molar-refractivity contribution in [1.29, 1.82) is 0 Å². The quantitative estimate of drug-likeness (QED) is 0.381. The van der Waals surface area contributed by atoms with Crippen LogP contribution in [0.2, 0.25) is 18.1 Å². The summed E-state index contributed by atoms with van der Waals surface area (Å²) in [5.74, 6) is 1.52. The summed E-state index contributed by atoms with van der Waals surface area (Å²) < 4.78 is 23.0. The number of carbonyl (C=O) groups is 1. The Bertz CT molecular complexity index is 680. The number of hydrogen-bond acceptors (Lipinski definition) is 5. The Hall–Kier alpha value is -1.37. The van der Waals surface area contributed by atoms with Crippen LogP contribution in [0.4, 0.5) is 0 Å². The number of carbonyl (C=O) groups excluding carboxylic acids is 1. The van der Waals surface area contributed by atoms with E-state index in [0.29, 0.717) is 25.6 Å². The average Bonchev–Trinajstić information content (AvgIpc) is 2.95. The van der Waals surface area contributed by atoms with Crippen molar-refractivity contribution in [3.05, 3.63) is 29.8 Å². The molecule has 30 heavy (non-hydrogen) atoms. The predicted molar refractivity (Wildman–Crippen MR) is 122 cm³/mol. The van der Waals surface area contributed by atoms with Crippen LogP contribution in [-0.2, 0) is 25.3 Å². The molecule has 1 fully saturated rings. The van der Waals surface area contributed by atoms with Crippen molar-refractivity contribution in [2.24, 2.45) is 17.8 Å². The van der Waals surface area contributed by atoms with Crippen LogP contribution >= 0.6 is 0 Å². The molecule has 6 heteroatoms. The van der Waals surface area contributed by atoms with Crippen molar-refractivity contribution >= 4 is 14.3 Å². The summed E-state index contributed by atoms with van der Waals surface area (Å²) >= 11 is 0. The third-order valence-corrected chi connectivity index (χ3v) is 11.6. The summed E-state index contributed by atoms with van der Waals surface area (Å²) in [6.07, 6.45) is 1.48. The molecule has 170 valence electrons. The average molecular weight is 437 g/mol. The second kappa shape index (κ2) is 10.3. The van der Waals surface area contributed by atoms with Gasteiger partial charge in [-0.3, -0.25) is 4.79 Å². The van der Waals surface area contributed by atoms with Crippen LogP contribution < -0.4 is 4.74 Å². The Balaban J connectivity index is 2.04. The summed E-state index contributed by atoms with van der Waals surface area (Å²) in [5.41, 5.74) is 1.11. The summed E-state index contributed by atoms with van der Waals surface area (Å²) in [7, 11) is 1.24. The lowest BCUT2D eigenvalue weighted by molar-refractivity contribution is -0.142. The minimum atomic E-state index is -1.88. The van der Waals surface area contributed by atoms with Crippen molar-refractivity contribution in [2.75, 3.05) is 20.8 Å². The van der Waals surface area contributed by atoms with Gasteiger partial charge in [0.2, 0.25) is 0 Å². The lowest BCUT2D eigenvalue weighted by Crippen LogP contribution is -2.44. The third-order valence-electron chi connectivity index (χ3n) is 7.05. The maximum absolute atomic E-state index is 12.0. The standard InChI is InChI=1S/C24H40O5Si/c1-17-21(16-28-15-18-9-11-20(26-5)12-10-18)19(14-23(25)27-6)13-22(17)29-30(7,8)24(2,3)4/h9-12,17,19,21-22H,13-16H2,1-8H3/t17-,19-,21-,22+/m1/s1. The van der Waals surface area contributed by atoms with E-state index in [9.17, 15) is 4.79 Å². The maximum atomic E-state index is 12.0. The topological polar surface area (TPSA) is 54.0 Å². The second-order valence-corrected chi connectivity index (χ2v) is 14.8. The molecule has 0 radical (unpaired) electrons. The number of rotatable bonds is 9. The number of methoxy groups -OCH3 is 2. The molecule has 0 aromatic heterocycles. The van der Waals surface area contributed by atoms with Crippen LogP contribution in [0.5, 0.6) is 5.75 Å². The smallest absolute Gasteiger partial charge is 0.305 e. The largest absolute Gasteiger partial charge is 0.497 e. The van der Waals surface area contributed by atoms with Gasteiger partial charge in [0.25, 0.3) is 0 Å². The Morgan fingerprint density at radius 3 is 2.30 bits per heavy atom. The van der Waals surface area contributed by atoms with Gasteiger partial charge >= 0.3 is 5.97 Å². The van der Waals surface area contributed by atoms with Crippen LogP contribution in [0, 0.1) is 17.8 Å². The van der Waals surface area contributed by atoms with E-state index < -0.39 is 8.32 Å². The molecule has 0 unspecified atom stereocenters. The van der Waals surface area contributed by atoms with E-state index in [4.69, 9.17) is 18.6 Å². The molecule has 1 aromatic rings. The van der Waals surface area contributed by atoms with Crippen molar-refractivity contribution < 1.29 is 23.4 Å². The minimum Gasteiger partial charge on any atom is -0.497 e. The van der Waals surface area contributed by atoms with E-state index in [0.717, 1.165) is 17.7 Å². The molecule has 0 bridgehead atoms. The van der Waals surface area contributed by atoms with Gasteiger partial charge < -0.3 is 18.6 Å². The van der Waals surface area contributed by atoms with Gasteiger partial charge in [0.15, 0.2) is 8.32 Å². The van der Waals surface area contributed by atoms with Gasteiger partial charge in [-0.25, -0.2) is 0 Å². The van der Waals surface area contributed by atoms with Gasteiger partial charge in [-0.2, -0.15) is 0 Å². The zero-order chi connectivity index (χ0) is 22.5. The van der Waals surface area contributed by atoms with Crippen LogP contribution in [0.25, 0.3) is 0 Å². The van der Waals surface area contributed by atoms with Gasteiger partial charge in [-0.05, 0) is 60.0 Å². The summed E-state index contributed by atoms with van der Waals surface area (Å²) in [5, 5.41) is 0.160.